The van der Waals surface area contributed by atoms with E-state index in [0.29, 0.717) is 16.1 Å². The SMILES string of the molecule is O=C(N1CCCCC1)n1nc(-c2ccc(Cl)cc2)nc1SC1CCCCC1. The van der Waals surface area contributed by atoms with Gasteiger partial charge in [-0.05, 0) is 56.4 Å². The van der Waals surface area contributed by atoms with Gasteiger partial charge in [0.05, 0.1) is 0 Å². The molecule has 0 N–H and O–H groups in total. The number of halogens is 1. The Balaban J connectivity index is 1.63. The van der Waals surface area contributed by atoms with Crippen molar-refractivity contribution in [3.63, 3.8) is 0 Å². The zero-order chi connectivity index (χ0) is 18.6. The maximum Gasteiger partial charge on any atom is 0.347 e. The fourth-order valence-corrected chi connectivity index (χ4v) is 5.12. The average Bonchev–Trinajstić information content (AvgIpc) is 3.13. The fourth-order valence-electron chi connectivity index (χ4n) is 3.77. The zero-order valence-corrected chi connectivity index (χ0v) is 17.0. The van der Waals surface area contributed by atoms with Gasteiger partial charge < -0.3 is 4.90 Å². The van der Waals surface area contributed by atoms with E-state index < -0.39 is 0 Å². The number of hydrogen-bond acceptors (Lipinski definition) is 4. The average molecular weight is 405 g/mol. The van der Waals surface area contributed by atoms with Gasteiger partial charge in [-0.15, -0.1) is 5.10 Å². The first-order chi connectivity index (χ1) is 13.2. The molecule has 0 atom stereocenters. The third kappa shape index (κ3) is 4.49. The first-order valence-corrected chi connectivity index (χ1v) is 11.2. The molecule has 1 aliphatic carbocycles. The molecule has 0 bridgehead atoms. The van der Waals surface area contributed by atoms with Crippen molar-refractivity contribution < 1.29 is 4.79 Å². The van der Waals surface area contributed by atoms with Gasteiger partial charge in [-0.25, -0.2) is 9.78 Å². The summed E-state index contributed by atoms with van der Waals surface area (Å²) in [5.74, 6) is 0.593. The van der Waals surface area contributed by atoms with Gasteiger partial charge in [0.15, 0.2) is 11.0 Å². The van der Waals surface area contributed by atoms with Crippen LogP contribution in [0.5, 0.6) is 0 Å². The molecular formula is C20H25ClN4OS. The van der Waals surface area contributed by atoms with Gasteiger partial charge in [-0.3, -0.25) is 0 Å². The summed E-state index contributed by atoms with van der Waals surface area (Å²) in [6.45, 7) is 1.62. The number of piperidine rings is 1. The Morgan fingerprint density at radius 2 is 1.67 bits per heavy atom. The van der Waals surface area contributed by atoms with Crippen LogP contribution in [0.3, 0.4) is 0 Å². The summed E-state index contributed by atoms with van der Waals surface area (Å²) in [7, 11) is 0. The van der Waals surface area contributed by atoms with Gasteiger partial charge in [-0.1, -0.05) is 42.6 Å². The molecular weight excluding hydrogens is 380 g/mol. The molecule has 2 aliphatic rings. The normalized spacial score (nSPS) is 18.6. The number of benzene rings is 1. The minimum Gasteiger partial charge on any atom is -0.323 e. The van der Waals surface area contributed by atoms with Crippen LogP contribution in [0.1, 0.15) is 51.4 Å². The van der Waals surface area contributed by atoms with Crippen LogP contribution >= 0.6 is 23.4 Å². The molecule has 0 unspecified atom stereocenters. The maximum absolute atomic E-state index is 13.1. The minimum absolute atomic E-state index is 0.0410. The molecule has 1 aromatic heterocycles. The Bertz CT molecular complexity index is 780. The molecule has 0 radical (unpaired) electrons. The number of likely N-dealkylation sites (tertiary alicyclic amines) is 1. The zero-order valence-electron chi connectivity index (χ0n) is 15.4. The molecule has 0 spiro atoms. The van der Waals surface area contributed by atoms with Crippen LogP contribution in [0, 0.1) is 0 Å². The van der Waals surface area contributed by atoms with Crippen LogP contribution in [0.2, 0.25) is 5.02 Å². The third-order valence-corrected chi connectivity index (χ3v) is 6.84. The van der Waals surface area contributed by atoms with E-state index in [9.17, 15) is 4.79 Å². The van der Waals surface area contributed by atoms with E-state index in [4.69, 9.17) is 16.6 Å². The summed E-state index contributed by atoms with van der Waals surface area (Å²) < 4.78 is 1.54. The molecule has 1 saturated carbocycles. The van der Waals surface area contributed by atoms with Gasteiger partial charge in [0, 0.05) is 28.9 Å². The Labute approximate surface area is 169 Å². The number of rotatable bonds is 3. The maximum atomic E-state index is 13.1. The summed E-state index contributed by atoms with van der Waals surface area (Å²) in [6.07, 6.45) is 9.53. The van der Waals surface area contributed by atoms with Crippen LogP contribution < -0.4 is 0 Å². The highest BCUT2D eigenvalue weighted by atomic mass is 35.5. The lowest BCUT2D eigenvalue weighted by molar-refractivity contribution is 0.182. The third-order valence-electron chi connectivity index (χ3n) is 5.31. The standard InChI is InChI=1S/C20H25ClN4OS/c21-16-11-9-15(10-12-16)18-22-19(27-17-7-3-1-4-8-17)25(23-18)20(26)24-13-5-2-6-14-24/h9-12,17H,1-8,13-14H2. The molecule has 1 amide bonds. The Morgan fingerprint density at radius 1 is 1.00 bits per heavy atom. The van der Waals surface area contributed by atoms with E-state index in [-0.39, 0.29) is 6.03 Å². The number of carbonyl (C=O) groups excluding carboxylic acids is 1. The predicted octanol–water partition coefficient (Wildman–Crippen LogP) is 5.48. The lowest BCUT2D eigenvalue weighted by Gasteiger charge is -2.26. The van der Waals surface area contributed by atoms with Crippen molar-refractivity contribution in [1.82, 2.24) is 19.7 Å². The van der Waals surface area contributed by atoms with Crippen LogP contribution in [-0.2, 0) is 0 Å². The van der Waals surface area contributed by atoms with Gasteiger partial charge in [0.2, 0.25) is 0 Å². The first-order valence-electron chi connectivity index (χ1n) is 9.89. The number of thioether (sulfide) groups is 1. The molecule has 2 fully saturated rings. The monoisotopic (exact) mass is 404 g/mol. The largest absolute Gasteiger partial charge is 0.347 e. The lowest BCUT2D eigenvalue weighted by Crippen LogP contribution is -2.39. The van der Waals surface area contributed by atoms with Crippen molar-refractivity contribution >= 4 is 29.4 Å². The van der Waals surface area contributed by atoms with Gasteiger partial charge in [0.1, 0.15) is 0 Å². The van der Waals surface area contributed by atoms with Gasteiger partial charge in [-0.2, -0.15) is 4.68 Å². The highest BCUT2D eigenvalue weighted by molar-refractivity contribution is 7.99. The molecule has 2 aromatic rings. The van der Waals surface area contributed by atoms with Gasteiger partial charge >= 0.3 is 6.03 Å². The van der Waals surface area contributed by atoms with E-state index in [0.717, 1.165) is 36.7 Å². The van der Waals surface area contributed by atoms with Crippen LogP contribution in [-0.4, -0.2) is 44.0 Å². The molecule has 1 saturated heterocycles. The quantitative estimate of drug-likeness (QED) is 0.679. The minimum atomic E-state index is -0.0410. The number of nitrogens with zero attached hydrogens (tertiary/aromatic N) is 4. The molecule has 1 aliphatic heterocycles. The molecule has 1 aromatic carbocycles. The number of aromatic nitrogens is 3. The summed E-state index contributed by atoms with van der Waals surface area (Å²) in [6, 6.07) is 7.43. The van der Waals surface area contributed by atoms with E-state index in [1.807, 2.05) is 29.2 Å². The highest BCUT2D eigenvalue weighted by Crippen LogP contribution is 2.34. The van der Waals surface area contributed by atoms with Crippen molar-refractivity contribution in [2.45, 2.75) is 61.8 Å². The van der Waals surface area contributed by atoms with Crippen LogP contribution in [0.4, 0.5) is 4.79 Å². The van der Waals surface area contributed by atoms with Crippen molar-refractivity contribution in [2.75, 3.05) is 13.1 Å². The summed E-state index contributed by atoms with van der Waals surface area (Å²) in [4.78, 5) is 19.8. The summed E-state index contributed by atoms with van der Waals surface area (Å²) >= 11 is 7.72. The Morgan fingerprint density at radius 3 is 2.37 bits per heavy atom. The van der Waals surface area contributed by atoms with Crippen molar-refractivity contribution in [3.8, 4) is 11.4 Å². The van der Waals surface area contributed by atoms with E-state index in [1.165, 1.54) is 43.2 Å². The second-order valence-corrected chi connectivity index (χ2v) is 9.05. The molecule has 5 nitrogen and oxygen atoms in total. The second-order valence-electron chi connectivity index (χ2n) is 7.34. The predicted molar refractivity (Wildman–Crippen MR) is 109 cm³/mol. The topological polar surface area (TPSA) is 51.0 Å². The molecule has 144 valence electrons. The summed E-state index contributed by atoms with van der Waals surface area (Å²) in [5.41, 5.74) is 0.884. The van der Waals surface area contributed by atoms with Gasteiger partial charge in [0.25, 0.3) is 0 Å². The second kappa shape index (κ2) is 8.65. The highest BCUT2D eigenvalue weighted by Gasteiger charge is 2.26. The fraction of sp³-hybridized carbons (Fsp3) is 0.550. The van der Waals surface area contributed by atoms with Crippen LogP contribution in [0.25, 0.3) is 11.4 Å². The Kier molecular flexibility index (Phi) is 6.03. The van der Waals surface area contributed by atoms with Crippen LogP contribution in [0.15, 0.2) is 29.4 Å². The van der Waals surface area contributed by atoms with E-state index in [2.05, 4.69) is 5.10 Å². The lowest BCUT2D eigenvalue weighted by atomic mass is 10.0. The number of amides is 1. The molecule has 7 heteroatoms. The van der Waals surface area contributed by atoms with Crippen molar-refractivity contribution in [1.29, 1.82) is 0 Å². The molecule has 27 heavy (non-hydrogen) atoms. The molecule has 2 heterocycles. The number of hydrogen-bond donors (Lipinski definition) is 0. The Hall–Kier alpha value is -1.53. The van der Waals surface area contributed by atoms with E-state index >= 15 is 0 Å². The van der Waals surface area contributed by atoms with Crippen molar-refractivity contribution in [3.05, 3.63) is 29.3 Å². The van der Waals surface area contributed by atoms with E-state index in [1.54, 1.807) is 11.8 Å². The molecule has 4 rings (SSSR count). The summed E-state index contributed by atoms with van der Waals surface area (Å²) in [5, 5.41) is 6.53. The first kappa shape index (κ1) is 18.8. The van der Waals surface area contributed by atoms with Crippen molar-refractivity contribution in [2.24, 2.45) is 0 Å². The number of carbonyl (C=O) groups is 1. The smallest absolute Gasteiger partial charge is 0.323 e.